The highest BCUT2D eigenvalue weighted by molar-refractivity contribution is 14.1. The quantitative estimate of drug-likeness (QED) is 0.646. The molecule has 0 amide bonds. The Morgan fingerprint density at radius 3 is 2.73 bits per heavy atom. The lowest BCUT2D eigenvalue weighted by Crippen LogP contribution is -1.68. The summed E-state index contributed by atoms with van der Waals surface area (Å²) in [4.78, 5) is 0. The van der Waals surface area contributed by atoms with Crippen LogP contribution >= 0.6 is 45.2 Å². The zero-order chi connectivity index (χ0) is 7.84. The topological polar surface area (TPSA) is 13.1 Å². The third kappa shape index (κ3) is 1.40. The first-order chi connectivity index (χ1) is 5.27. The number of rotatable bonds is 0. The van der Waals surface area contributed by atoms with Crippen molar-refractivity contribution in [1.82, 2.24) is 0 Å². The van der Waals surface area contributed by atoms with E-state index in [2.05, 4.69) is 51.2 Å². The highest BCUT2D eigenvalue weighted by atomic mass is 127. The van der Waals surface area contributed by atoms with Gasteiger partial charge >= 0.3 is 0 Å². The Labute approximate surface area is 91.4 Å². The van der Waals surface area contributed by atoms with Crippen LogP contribution in [0, 0.1) is 7.34 Å². The van der Waals surface area contributed by atoms with Gasteiger partial charge in [-0.1, -0.05) is 12.1 Å². The van der Waals surface area contributed by atoms with Gasteiger partial charge in [-0.05, 0) is 57.3 Å². The molecule has 11 heavy (non-hydrogen) atoms. The van der Waals surface area contributed by atoms with Crippen molar-refractivity contribution in [2.75, 3.05) is 0 Å². The summed E-state index contributed by atoms with van der Waals surface area (Å²) in [6.07, 6.45) is 0. The van der Waals surface area contributed by atoms with Crippen LogP contribution in [0.4, 0.5) is 0 Å². The average molecular weight is 370 g/mol. The molecular formula is C8H4I2O. The maximum absolute atomic E-state index is 5.48. The molecule has 2 aromatic rings. The second kappa shape index (κ2) is 2.93. The summed E-state index contributed by atoms with van der Waals surface area (Å²) in [5, 5.41) is 1.18. The Hall–Kier alpha value is 0.220. The number of hydrogen-bond donors (Lipinski definition) is 0. The van der Waals surface area contributed by atoms with E-state index in [4.69, 9.17) is 4.42 Å². The van der Waals surface area contributed by atoms with E-state index in [1.807, 2.05) is 18.2 Å². The van der Waals surface area contributed by atoms with Gasteiger partial charge in [0.05, 0.1) is 3.57 Å². The second-order valence-corrected chi connectivity index (χ2v) is 4.43. The molecule has 0 fully saturated rings. The van der Waals surface area contributed by atoms with Crippen molar-refractivity contribution in [1.29, 1.82) is 0 Å². The zero-order valence-electron chi connectivity index (χ0n) is 5.47. The van der Waals surface area contributed by atoms with E-state index < -0.39 is 0 Å². The Kier molecular flexibility index (Phi) is 2.09. The molecule has 0 aliphatic carbocycles. The SMILES string of the molecule is Ic1cc2cccc(I)c2o1. The van der Waals surface area contributed by atoms with E-state index >= 15 is 0 Å². The Morgan fingerprint density at radius 1 is 1.18 bits per heavy atom. The zero-order valence-corrected chi connectivity index (χ0v) is 9.79. The first kappa shape index (κ1) is 7.85. The summed E-state index contributed by atoms with van der Waals surface area (Å²) in [6, 6.07) is 8.18. The molecule has 1 aromatic heterocycles. The third-order valence-corrected chi connectivity index (χ3v) is 2.85. The van der Waals surface area contributed by atoms with E-state index in [1.54, 1.807) is 0 Å². The van der Waals surface area contributed by atoms with Gasteiger partial charge in [0.1, 0.15) is 5.58 Å². The van der Waals surface area contributed by atoms with Gasteiger partial charge in [0.25, 0.3) is 0 Å². The van der Waals surface area contributed by atoms with Gasteiger partial charge in [0.15, 0.2) is 3.77 Å². The molecule has 3 heteroatoms. The molecule has 0 atom stereocenters. The summed E-state index contributed by atoms with van der Waals surface area (Å²) >= 11 is 4.45. The predicted octanol–water partition coefficient (Wildman–Crippen LogP) is 3.64. The normalized spacial score (nSPS) is 10.7. The monoisotopic (exact) mass is 370 g/mol. The molecule has 0 radical (unpaired) electrons. The van der Waals surface area contributed by atoms with Crippen LogP contribution in [0.15, 0.2) is 28.7 Å². The summed E-state index contributed by atoms with van der Waals surface area (Å²) < 4.78 is 7.59. The molecule has 0 saturated heterocycles. The van der Waals surface area contributed by atoms with Crippen LogP contribution < -0.4 is 0 Å². The van der Waals surface area contributed by atoms with Gasteiger partial charge in [-0.15, -0.1) is 0 Å². The number of fused-ring (bicyclic) bond motifs is 1. The van der Waals surface area contributed by atoms with Crippen molar-refractivity contribution >= 4 is 56.2 Å². The van der Waals surface area contributed by atoms with Crippen LogP contribution in [-0.2, 0) is 0 Å². The highest BCUT2D eigenvalue weighted by Gasteiger charge is 2.02. The van der Waals surface area contributed by atoms with Crippen molar-refractivity contribution in [3.8, 4) is 0 Å². The molecule has 0 aliphatic rings. The van der Waals surface area contributed by atoms with Gasteiger partial charge < -0.3 is 4.42 Å². The first-order valence-corrected chi connectivity index (χ1v) is 5.27. The lowest BCUT2D eigenvalue weighted by Gasteiger charge is -1.89. The maximum atomic E-state index is 5.48. The van der Waals surface area contributed by atoms with E-state index in [-0.39, 0.29) is 0 Å². The van der Waals surface area contributed by atoms with Crippen molar-refractivity contribution in [2.45, 2.75) is 0 Å². The Morgan fingerprint density at radius 2 is 2.00 bits per heavy atom. The van der Waals surface area contributed by atoms with E-state index in [9.17, 15) is 0 Å². The molecule has 0 N–H and O–H groups in total. The first-order valence-electron chi connectivity index (χ1n) is 3.11. The summed E-state index contributed by atoms with van der Waals surface area (Å²) in [6.45, 7) is 0. The van der Waals surface area contributed by atoms with Gasteiger partial charge in [-0.3, -0.25) is 0 Å². The van der Waals surface area contributed by atoms with Crippen LogP contribution in [0.25, 0.3) is 11.0 Å². The summed E-state index contributed by atoms with van der Waals surface area (Å²) in [7, 11) is 0. The van der Waals surface area contributed by atoms with E-state index in [0.717, 1.165) is 9.35 Å². The molecule has 0 aliphatic heterocycles. The van der Waals surface area contributed by atoms with Gasteiger partial charge in [0.2, 0.25) is 0 Å². The molecule has 0 bridgehead atoms. The van der Waals surface area contributed by atoms with Crippen molar-refractivity contribution in [3.05, 3.63) is 31.6 Å². The van der Waals surface area contributed by atoms with Crippen LogP contribution in [0.2, 0.25) is 0 Å². The van der Waals surface area contributed by atoms with Crippen LogP contribution in [-0.4, -0.2) is 0 Å². The molecule has 1 nitrogen and oxygen atoms in total. The molecular weight excluding hydrogens is 366 g/mol. The fraction of sp³-hybridized carbons (Fsp3) is 0. The lowest BCUT2D eigenvalue weighted by molar-refractivity contribution is 0.582. The van der Waals surface area contributed by atoms with Gasteiger partial charge in [0, 0.05) is 5.39 Å². The fourth-order valence-corrected chi connectivity index (χ4v) is 2.18. The number of hydrogen-bond acceptors (Lipinski definition) is 1. The highest BCUT2D eigenvalue weighted by Crippen LogP contribution is 2.24. The minimum Gasteiger partial charge on any atom is -0.449 e. The average Bonchev–Trinajstić information content (AvgIpc) is 2.31. The van der Waals surface area contributed by atoms with Gasteiger partial charge in [-0.2, -0.15) is 0 Å². The Balaban J connectivity index is 2.90. The molecule has 1 heterocycles. The smallest absolute Gasteiger partial charge is 0.165 e. The number of furan rings is 1. The maximum Gasteiger partial charge on any atom is 0.165 e. The van der Waals surface area contributed by atoms with E-state index in [1.165, 1.54) is 8.96 Å². The second-order valence-electron chi connectivity index (χ2n) is 2.21. The predicted molar refractivity (Wildman–Crippen MR) is 61.6 cm³/mol. The largest absolute Gasteiger partial charge is 0.449 e. The number of benzene rings is 1. The van der Waals surface area contributed by atoms with Crippen molar-refractivity contribution in [3.63, 3.8) is 0 Å². The van der Waals surface area contributed by atoms with Crippen molar-refractivity contribution < 1.29 is 4.42 Å². The van der Waals surface area contributed by atoms with E-state index in [0.29, 0.717) is 0 Å². The van der Waals surface area contributed by atoms with Crippen molar-refractivity contribution in [2.24, 2.45) is 0 Å². The summed E-state index contributed by atoms with van der Waals surface area (Å²) in [5.41, 5.74) is 0.998. The molecule has 0 unspecified atom stereocenters. The number of halogens is 2. The summed E-state index contributed by atoms with van der Waals surface area (Å²) in [5.74, 6) is 0. The lowest BCUT2D eigenvalue weighted by atomic mass is 10.3. The number of para-hydroxylation sites is 1. The van der Waals surface area contributed by atoms with Crippen LogP contribution in [0.3, 0.4) is 0 Å². The molecule has 56 valence electrons. The third-order valence-electron chi connectivity index (χ3n) is 1.47. The molecule has 1 aromatic carbocycles. The fourth-order valence-electron chi connectivity index (χ4n) is 0.996. The van der Waals surface area contributed by atoms with Gasteiger partial charge in [-0.25, -0.2) is 0 Å². The molecule has 2 rings (SSSR count). The minimum atomic E-state index is 0.946. The minimum absolute atomic E-state index is 0.946. The van der Waals surface area contributed by atoms with Crippen LogP contribution in [0.1, 0.15) is 0 Å². The van der Waals surface area contributed by atoms with Crippen LogP contribution in [0.5, 0.6) is 0 Å². The molecule has 0 spiro atoms. The molecule has 0 saturated carbocycles. The standard InChI is InChI=1S/C8H4I2O/c9-6-3-1-2-5-4-7(10)11-8(5)6/h1-4H. The Bertz CT molecular complexity index is 392.